The second-order valence-corrected chi connectivity index (χ2v) is 7.28. The first-order valence-corrected chi connectivity index (χ1v) is 9.85. The van der Waals surface area contributed by atoms with Crippen molar-refractivity contribution < 1.29 is 19.4 Å². The van der Waals surface area contributed by atoms with Gasteiger partial charge in [0.15, 0.2) is 11.5 Å². The molecule has 3 rings (SSSR count). The molecule has 150 valence electrons. The summed E-state index contributed by atoms with van der Waals surface area (Å²) in [6.45, 7) is 3.56. The molecule has 0 aromatic heterocycles. The summed E-state index contributed by atoms with van der Waals surface area (Å²) < 4.78 is 10.9. The van der Waals surface area contributed by atoms with Crippen LogP contribution < -0.4 is 9.47 Å². The van der Waals surface area contributed by atoms with Crippen molar-refractivity contribution >= 4 is 5.97 Å². The lowest BCUT2D eigenvalue weighted by Gasteiger charge is -2.37. The van der Waals surface area contributed by atoms with Gasteiger partial charge in [-0.3, -0.25) is 9.69 Å². The van der Waals surface area contributed by atoms with Gasteiger partial charge in [-0.1, -0.05) is 37.3 Å². The highest BCUT2D eigenvalue weighted by Crippen LogP contribution is 2.37. The Kier molecular flexibility index (Phi) is 6.57. The van der Waals surface area contributed by atoms with Crippen LogP contribution >= 0.6 is 0 Å². The molecule has 0 bridgehead atoms. The van der Waals surface area contributed by atoms with E-state index >= 15 is 0 Å². The number of carbonyl (C=O) groups is 1. The molecule has 1 heterocycles. The summed E-state index contributed by atoms with van der Waals surface area (Å²) in [5.41, 5.74) is 3.53. The van der Waals surface area contributed by atoms with Gasteiger partial charge in [0.05, 0.1) is 26.2 Å². The number of nitrogens with zero attached hydrogens (tertiary/aromatic N) is 1. The lowest BCUT2D eigenvalue weighted by Crippen LogP contribution is -2.41. The smallest absolute Gasteiger partial charge is 0.307 e. The highest BCUT2D eigenvalue weighted by molar-refractivity contribution is 5.70. The van der Waals surface area contributed by atoms with Gasteiger partial charge in [0.2, 0.25) is 0 Å². The molecule has 2 aromatic rings. The van der Waals surface area contributed by atoms with Crippen molar-refractivity contribution in [3.63, 3.8) is 0 Å². The van der Waals surface area contributed by atoms with Gasteiger partial charge in [0.25, 0.3) is 0 Å². The van der Waals surface area contributed by atoms with E-state index in [1.165, 1.54) is 5.56 Å². The third kappa shape index (κ3) is 4.30. The largest absolute Gasteiger partial charge is 0.493 e. The van der Waals surface area contributed by atoms with Crippen LogP contribution in [0.5, 0.6) is 11.5 Å². The van der Waals surface area contributed by atoms with Gasteiger partial charge in [0, 0.05) is 6.54 Å². The van der Waals surface area contributed by atoms with Gasteiger partial charge in [-0.05, 0) is 54.6 Å². The third-order valence-corrected chi connectivity index (χ3v) is 5.59. The molecule has 0 amide bonds. The molecule has 0 saturated carbocycles. The molecule has 2 atom stereocenters. The Labute approximate surface area is 166 Å². The Bertz CT molecular complexity index is 803. The Morgan fingerprint density at radius 2 is 1.79 bits per heavy atom. The molecule has 5 heteroatoms. The van der Waals surface area contributed by atoms with Crippen LogP contribution in [0.15, 0.2) is 42.5 Å². The normalized spacial score (nSPS) is 18.5. The summed E-state index contributed by atoms with van der Waals surface area (Å²) >= 11 is 0. The zero-order valence-electron chi connectivity index (χ0n) is 16.9. The van der Waals surface area contributed by atoms with Gasteiger partial charge in [-0.25, -0.2) is 0 Å². The van der Waals surface area contributed by atoms with E-state index in [0.29, 0.717) is 18.0 Å². The maximum absolute atomic E-state index is 11.6. The number of rotatable bonds is 7. The molecule has 2 unspecified atom stereocenters. The number of piperidine rings is 1. The van der Waals surface area contributed by atoms with Crippen molar-refractivity contribution in [1.29, 1.82) is 0 Å². The van der Waals surface area contributed by atoms with Crippen LogP contribution in [0.2, 0.25) is 0 Å². The Morgan fingerprint density at radius 3 is 2.39 bits per heavy atom. The van der Waals surface area contributed by atoms with Crippen molar-refractivity contribution in [3.05, 3.63) is 59.2 Å². The fourth-order valence-electron chi connectivity index (χ4n) is 4.02. The summed E-state index contributed by atoms with van der Waals surface area (Å²) in [6.07, 6.45) is 2.61. The van der Waals surface area contributed by atoms with E-state index in [1.54, 1.807) is 14.2 Å². The van der Waals surface area contributed by atoms with E-state index in [9.17, 15) is 9.90 Å². The predicted octanol–water partition coefficient (Wildman–Crippen LogP) is 4.15. The van der Waals surface area contributed by atoms with E-state index < -0.39 is 5.97 Å². The van der Waals surface area contributed by atoms with Gasteiger partial charge >= 0.3 is 5.97 Å². The number of hydrogen-bond donors (Lipinski definition) is 1. The van der Waals surface area contributed by atoms with E-state index in [0.717, 1.165) is 36.9 Å². The van der Waals surface area contributed by atoms with Crippen LogP contribution in [0.3, 0.4) is 0 Å². The minimum absolute atomic E-state index is 0.0205. The highest BCUT2D eigenvalue weighted by atomic mass is 16.5. The number of ether oxygens (including phenoxy) is 2. The molecule has 2 aromatic carbocycles. The zero-order valence-corrected chi connectivity index (χ0v) is 16.9. The standard InChI is InChI=1S/C23H29NO4/c1-4-16-7-9-17(10-8-16)22(24-13-5-6-19(15-24)23(25)26)18-11-12-20(27-2)21(14-18)28-3/h7-12,14,19,22H,4-6,13,15H2,1-3H3,(H,25,26). The van der Waals surface area contributed by atoms with E-state index in [2.05, 4.69) is 36.1 Å². The Balaban J connectivity index is 2.02. The van der Waals surface area contributed by atoms with Crippen LogP contribution in [0.1, 0.15) is 42.5 Å². The number of aryl methyl sites for hydroxylation is 1. The lowest BCUT2D eigenvalue weighted by atomic mass is 9.91. The molecule has 1 aliphatic rings. The molecule has 1 N–H and O–H groups in total. The van der Waals surface area contributed by atoms with E-state index in [1.807, 2.05) is 18.2 Å². The minimum Gasteiger partial charge on any atom is -0.493 e. The first kappa shape index (κ1) is 20.2. The fourth-order valence-corrected chi connectivity index (χ4v) is 4.02. The van der Waals surface area contributed by atoms with Gasteiger partial charge < -0.3 is 14.6 Å². The molecule has 0 spiro atoms. The number of methoxy groups -OCH3 is 2. The van der Waals surface area contributed by atoms with Crippen molar-refractivity contribution in [2.75, 3.05) is 27.3 Å². The van der Waals surface area contributed by atoms with E-state index in [4.69, 9.17) is 9.47 Å². The van der Waals surface area contributed by atoms with Crippen LogP contribution in [-0.2, 0) is 11.2 Å². The fraction of sp³-hybridized carbons (Fsp3) is 0.435. The molecular weight excluding hydrogens is 354 g/mol. The summed E-state index contributed by atoms with van der Waals surface area (Å²) in [5, 5.41) is 9.53. The Hall–Kier alpha value is -2.53. The first-order valence-electron chi connectivity index (χ1n) is 9.85. The lowest BCUT2D eigenvalue weighted by molar-refractivity contribution is -0.143. The number of carboxylic acid groups (broad SMARTS) is 1. The number of hydrogen-bond acceptors (Lipinski definition) is 4. The van der Waals surface area contributed by atoms with Crippen LogP contribution in [0, 0.1) is 5.92 Å². The second kappa shape index (κ2) is 9.11. The number of aliphatic carboxylic acids is 1. The molecule has 1 saturated heterocycles. The monoisotopic (exact) mass is 383 g/mol. The summed E-state index contributed by atoms with van der Waals surface area (Å²) in [4.78, 5) is 13.9. The zero-order chi connectivity index (χ0) is 20.1. The van der Waals surface area contributed by atoms with Crippen LogP contribution in [0.4, 0.5) is 0 Å². The van der Waals surface area contributed by atoms with Crippen molar-refractivity contribution in [2.24, 2.45) is 5.92 Å². The quantitative estimate of drug-likeness (QED) is 0.778. The topological polar surface area (TPSA) is 59.0 Å². The van der Waals surface area contributed by atoms with E-state index in [-0.39, 0.29) is 12.0 Å². The molecule has 0 aliphatic carbocycles. The van der Waals surface area contributed by atoms with Crippen molar-refractivity contribution in [3.8, 4) is 11.5 Å². The van der Waals surface area contributed by atoms with Crippen molar-refractivity contribution in [1.82, 2.24) is 4.90 Å². The number of carboxylic acids is 1. The first-order chi connectivity index (χ1) is 13.6. The Morgan fingerprint density at radius 1 is 1.11 bits per heavy atom. The summed E-state index contributed by atoms with van der Waals surface area (Å²) in [6, 6.07) is 14.6. The third-order valence-electron chi connectivity index (χ3n) is 5.59. The SMILES string of the molecule is CCc1ccc(C(c2ccc(OC)c(OC)c2)N2CCCC(C(=O)O)C2)cc1. The van der Waals surface area contributed by atoms with Crippen LogP contribution in [-0.4, -0.2) is 43.3 Å². The highest BCUT2D eigenvalue weighted by Gasteiger charge is 2.31. The van der Waals surface area contributed by atoms with Gasteiger partial charge in [-0.2, -0.15) is 0 Å². The predicted molar refractivity (Wildman–Crippen MR) is 109 cm³/mol. The van der Waals surface area contributed by atoms with Gasteiger partial charge in [-0.15, -0.1) is 0 Å². The maximum atomic E-state index is 11.6. The van der Waals surface area contributed by atoms with Gasteiger partial charge in [0.1, 0.15) is 0 Å². The molecular formula is C23H29NO4. The second-order valence-electron chi connectivity index (χ2n) is 7.28. The molecule has 0 radical (unpaired) electrons. The average molecular weight is 383 g/mol. The van der Waals surface area contributed by atoms with Crippen molar-refractivity contribution in [2.45, 2.75) is 32.2 Å². The number of likely N-dealkylation sites (tertiary alicyclic amines) is 1. The summed E-state index contributed by atoms with van der Waals surface area (Å²) in [5.74, 6) is 0.332. The average Bonchev–Trinajstić information content (AvgIpc) is 2.74. The molecule has 28 heavy (non-hydrogen) atoms. The van der Waals surface area contributed by atoms with Crippen LogP contribution in [0.25, 0.3) is 0 Å². The maximum Gasteiger partial charge on any atom is 0.307 e. The minimum atomic E-state index is -0.711. The number of benzene rings is 2. The summed E-state index contributed by atoms with van der Waals surface area (Å²) in [7, 11) is 3.26. The molecule has 1 fully saturated rings. The molecule has 5 nitrogen and oxygen atoms in total. The molecule has 1 aliphatic heterocycles.